The number of esters is 2. The smallest absolute Gasteiger partial charge is 0.324 e. The van der Waals surface area contributed by atoms with Gasteiger partial charge in [0.25, 0.3) is 0 Å². The second-order valence-electron chi connectivity index (χ2n) is 7.66. The number of hydrogen-bond donors (Lipinski definition) is 0. The van der Waals surface area contributed by atoms with E-state index in [1.807, 2.05) is 6.92 Å². The topological polar surface area (TPSA) is 86.7 Å². The van der Waals surface area contributed by atoms with Gasteiger partial charge in [-0.1, -0.05) is 31.5 Å². The SMILES string of the molecule is C#CCC(CC(=C=CC1(C)CCC1)S(=O)(=O)c1ccccc1)(C(=O)OC)C(=O)OC. The van der Waals surface area contributed by atoms with Gasteiger partial charge >= 0.3 is 11.9 Å². The van der Waals surface area contributed by atoms with Crippen molar-refractivity contribution in [3.05, 3.63) is 47.0 Å². The van der Waals surface area contributed by atoms with Crippen LogP contribution in [0.3, 0.4) is 0 Å². The summed E-state index contributed by atoms with van der Waals surface area (Å²) in [5.74, 6) is 0.375. The Morgan fingerprint density at radius 2 is 1.73 bits per heavy atom. The molecular formula is C23H26O6S. The minimum atomic E-state index is -4.05. The van der Waals surface area contributed by atoms with Gasteiger partial charge in [-0.2, -0.15) is 0 Å². The number of allylic oxidation sites excluding steroid dienone is 1. The molecule has 7 heteroatoms. The van der Waals surface area contributed by atoms with E-state index in [0.29, 0.717) is 0 Å². The standard InChI is InChI=1S/C23H26O6S/c1-5-13-23(20(24)28-3,21(25)29-4)17-19(12-16-22(2)14-9-15-22)30(26,27)18-10-7-6-8-11-18/h1,6-8,10-11,16H,9,13-15,17H2,2-4H3. The number of carbonyl (C=O) groups is 2. The number of methoxy groups -OCH3 is 2. The zero-order chi connectivity index (χ0) is 22.4. The number of sulfone groups is 1. The van der Waals surface area contributed by atoms with Crippen LogP contribution in [0.15, 0.2) is 51.9 Å². The number of terminal acetylenes is 1. The minimum Gasteiger partial charge on any atom is -0.468 e. The molecule has 0 amide bonds. The molecule has 2 rings (SSSR count). The van der Waals surface area contributed by atoms with Crippen molar-refractivity contribution in [1.29, 1.82) is 0 Å². The Morgan fingerprint density at radius 3 is 2.17 bits per heavy atom. The van der Waals surface area contributed by atoms with Gasteiger partial charge in [-0.05, 0) is 36.5 Å². The molecule has 0 radical (unpaired) electrons. The van der Waals surface area contributed by atoms with Crippen LogP contribution in [-0.2, 0) is 28.9 Å². The molecule has 1 aliphatic rings. The zero-order valence-corrected chi connectivity index (χ0v) is 18.3. The summed E-state index contributed by atoms with van der Waals surface area (Å²) in [5.41, 5.74) is 0.725. The largest absolute Gasteiger partial charge is 0.468 e. The molecule has 160 valence electrons. The van der Waals surface area contributed by atoms with Crippen LogP contribution in [0.25, 0.3) is 0 Å². The summed E-state index contributed by atoms with van der Waals surface area (Å²) in [6.07, 6.45) is 9.09. The maximum Gasteiger partial charge on any atom is 0.324 e. The lowest BCUT2D eigenvalue weighted by Gasteiger charge is -2.34. The van der Waals surface area contributed by atoms with Crippen LogP contribution in [0.5, 0.6) is 0 Å². The molecule has 0 N–H and O–H groups in total. The van der Waals surface area contributed by atoms with E-state index in [0.717, 1.165) is 33.5 Å². The lowest BCUT2D eigenvalue weighted by molar-refractivity contribution is -0.168. The monoisotopic (exact) mass is 430 g/mol. The Balaban J connectivity index is 2.69. The molecule has 0 atom stereocenters. The van der Waals surface area contributed by atoms with E-state index in [2.05, 4.69) is 11.7 Å². The second-order valence-corrected chi connectivity index (χ2v) is 9.63. The number of ether oxygens (including phenoxy) is 2. The van der Waals surface area contributed by atoms with Gasteiger partial charge in [-0.25, -0.2) is 8.42 Å². The lowest BCUT2D eigenvalue weighted by Crippen LogP contribution is -2.42. The second kappa shape index (κ2) is 9.34. The molecule has 0 unspecified atom stereocenters. The number of carbonyl (C=O) groups excluding carboxylic acids is 2. The van der Waals surface area contributed by atoms with Crippen molar-refractivity contribution >= 4 is 21.8 Å². The Labute approximate surface area is 177 Å². The molecule has 0 saturated heterocycles. The van der Waals surface area contributed by atoms with Crippen molar-refractivity contribution in [2.45, 2.75) is 43.9 Å². The molecule has 0 aliphatic heterocycles. The lowest BCUT2D eigenvalue weighted by atomic mass is 9.70. The van der Waals surface area contributed by atoms with Gasteiger partial charge in [0.15, 0.2) is 5.41 Å². The summed E-state index contributed by atoms with van der Waals surface area (Å²) in [5, 5.41) is 0. The Kier molecular flexibility index (Phi) is 7.30. The first-order valence-electron chi connectivity index (χ1n) is 9.52. The summed E-state index contributed by atoms with van der Waals surface area (Å²) in [6.45, 7) is 2.01. The highest BCUT2D eigenvalue weighted by molar-refractivity contribution is 7.95. The van der Waals surface area contributed by atoms with Crippen LogP contribution in [0, 0.1) is 23.2 Å². The predicted octanol–water partition coefficient (Wildman–Crippen LogP) is 3.44. The number of benzene rings is 1. The third-order valence-electron chi connectivity index (χ3n) is 5.47. The van der Waals surface area contributed by atoms with Gasteiger partial charge in [-0.15, -0.1) is 18.1 Å². The average molecular weight is 431 g/mol. The van der Waals surface area contributed by atoms with Crippen LogP contribution in [-0.4, -0.2) is 34.6 Å². The molecule has 1 fully saturated rings. The van der Waals surface area contributed by atoms with E-state index < -0.39 is 33.6 Å². The van der Waals surface area contributed by atoms with Gasteiger partial charge in [0, 0.05) is 12.8 Å². The van der Waals surface area contributed by atoms with E-state index in [1.54, 1.807) is 24.3 Å². The highest BCUT2D eigenvalue weighted by atomic mass is 32.2. The summed E-state index contributed by atoms with van der Waals surface area (Å²) >= 11 is 0. The van der Waals surface area contributed by atoms with E-state index in [-0.39, 0.29) is 21.6 Å². The number of hydrogen-bond acceptors (Lipinski definition) is 6. The number of rotatable bonds is 8. The van der Waals surface area contributed by atoms with Crippen molar-refractivity contribution in [2.75, 3.05) is 14.2 Å². The van der Waals surface area contributed by atoms with Crippen molar-refractivity contribution < 1.29 is 27.5 Å². The first-order chi connectivity index (χ1) is 14.1. The fourth-order valence-electron chi connectivity index (χ4n) is 3.37. The minimum absolute atomic E-state index is 0.0315. The fourth-order valence-corrected chi connectivity index (χ4v) is 4.82. The summed E-state index contributed by atoms with van der Waals surface area (Å²) in [4.78, 5) is 25.1. The first-order valence-corrected chi connectivity index (χ1v) is 11.0. The van der Waals surface area contributed by atoms with Crippen LogP contribution in [0.2, 0.25) is 0 Å². The fraction of sp³-hybridized carbons (Fsp3) is 0.435. The average Bonchev–Trinajstić information content (AvgIpc) is 2.73. The van der Waals surface area contributed by atoms with E-state index in [9.17, 15) is 18.0 Å². The highest BCUT2D eigenvalue weighted by Gasteiger charge is 2.50. The Hall–Kier alpha value is -2.81. The molecule has 0 aromatic heterocycles. The molecule has 0 spiro atoms. The zero-order valence-electron chi connectivity index (χ0n) is 17.4. The summed E-state index contributed by atoms with van der Waals surface area (Å²) in [6, 6.07) is 7.77. The maximum absolute atomic E-state index is 13.4. The maximum atomic E-state index is 13.4. The van der Waals surface area contributed by atoms with E-state index >= 15 is 0 Å². The molecule has 1 aromatic carbocycles. The summed E-state index contributed by atoms with van der Waals surface area (Å²) in [7, 11) is -1.84. The molecule has 1 saturated carbocycles. The van der Waals surface area contributed by atoms with Gasteiger partial charge in [0.1, 0.15) is 0 Å². The quantitative estimate of drug-likeness (QED) is 0.272. The molecule has 0 heterocycles. The predicted molar refractivity (Wildman–Crippen MR) is 112 cm³/mol. The van der Waals surface area contributed by atoms with Crippen molar-refractivity contribution in [1.82, 2.24) is 0 Å². The van der Waals surface area contributed by atoms with E-state index in [1.165, 1.54) is 12.1 Å². The van der Waals surface area contributed by atoms with Crippen molar-refractivity contribution in [2.24, 2.45) is 10.8 Å². The van der Waals surface area contributed by atoms with Gasteiger partial charge < -0.3 is 9.47 Å². The van der Waals surface area contributed by atoms with Gasteiger partial charge in [0.2, 0.25) is 9.84 Å². The van der Waals surface area contributed by atoms with Crippen LogP contribution < -0.4 is 0 Å². The Bertz CT molecular complexity index is 988. The highest BCUT2D eigenvalue weighted by Crippen LogP contribution is 2.42. The molecular weight excluding hydrogens is 404 g/mol. The van der Waals surface area contributed by atoms with Crippen LogP contribution >= 0.6 is 0 Å². The van der Waals surface area contributed by atoms with Crippen molar-refractivity contribution in [3.63, 3.8) is 0 Å². The Morgan fingerprint density at radius 1 is 1.17 bits per heavy atom. The summed E-state index contributed by atoms with van der Waals surface area (Å²) < 4.78 is 36.4. The van der Waals surface area contributed by atoms with E-state index in [4.69, 9.17) is 15.9 Å². The molecule has 6 nitrogen and oxygen atoms in total. The van der Waals surface area contributed by atoms with Crippen molar-refractivity contribution in [3.8, 4) is 12.3 Å². The molecule has 0 bridgehead atoms. The van der Waals surface area contributed by atoms with Crippen LogP contribution in [0.4, 0.5) is 0 Å². The first kappa shape index (κ1) is 23.5. The normalized spacial score (nSPS) is 15.0. The molecule has 1 aromatic rings. The molecule has 30 heavy (non-hydrogen) atoms. The van der Waals surface area contributed by atoms with Crippen LogP contribution in [0.1, 0.15) is 39.0 Å². The molecule has 1 aliphatic carbocycles. The third kappa shape index (κ3) is 4.67. The third-order valence-corrected chi connectivity index (χ3v) is 7.28. The van der Waals surface area contributed by atoms with Gasteiger partial charge in [-0.3, -0.25) is 9.59 Å². The van der Waals surface area contributed by atoms with Gasteiger partial charge in [0.05, 0.1) is 24.0 Å².